The van der Waals surface area contributed by atoms with Crippen molar-refractivity contribution in [2.24, 2.45) is 0 Å². The van der Waals surface area contributed by atoms with Crippen molar-refractivity contribution >= 4 is 22.7 Å². The zero-order valence-electron chi connectivity index (χ0n) is 27.5. The third-order valence-electron chi connectivity index (χ3n) is 8.53. The summed E-state index contributed by atoms with van der Waals surface area (Å²) in [7, 11) is 15.9. The molecular formula is C38H44N4O3. The summed E-state index contributed by atoms with van der Waals surface area (Å²) in [5, 5.41) is 25.4. The van der Waals surface area contributed by atoms with E-state index in [2.05, 4.69) is 0 Å². The number of hydrogen-bond acceptors (Lipinski definition) is 7. The van der Waals surface area contributed by atoms with Gasteiger partial charge in [0.15, 0.2) is 11.2 Å². The molecule has 0 aliphatic carbocycles. The molecule has 0 unspecified atom stereocenters. The Bertz CT molecular complexity index is 1470. The quantitative estimate of drug-likeness (QED) is 0.199. The highest BCUT2D eigenvalue weighted by molar-refractivity contribution is 5.57. The highest BCUT2D eigenvalue weighted by Gasteiger charge is 2.42. The monoisotopic (exact) mass is 604 g/mol. The molecular weight excluding hydrogens is 560 g/mol. The maximum absolute atomic E-state index is 12.7. The summed E-state index contributed by atoms with van der Waals surface area (Å²) >= 11 is 0. The molecule has 0 fully saturated rings. The van der Waals surface area contributed by atoms with E-state index >= 15 is 0 Å². The molecule has 0 saturated heterocycles. The lowest BCUT2D eigenvalue weighted by molar-refractivity contribution is 0.0715. The van der Waals surface area contributed by atoms with Gasteiger partial charge < -0.3 is 34.2 Å². The van der Waals surface area contributed by atoms with Gasteiger partial charge in [-0.25, -0.2) is 0 Å². The van der Waals surface area contributed by atoms with Gasteiger partial charge in [0.05, 0.1) is 0 Å². The molecule has 1 aromatic heterocycles. The molecule has 0 aliphatic heterocycles. The molecule has 45 heavy (non-hydrogen) atoms. The number of benzene rings is 4. The summed E-state index contributed by atoms with van der Waals surface area (Å²) in [4.78, 5) is 8.07. The summed E-state index contributed by atoms with van der Waals surface area (Å²) in [5.74, 6) is 0.613. The standard InChI is InChI=1S/C38H44N4O3/c1-39(2)31-17-9-27(10-18-31)37(43,28-11-19-32(20-12-28)40(3)4)35-25-26-36(45-35)38(44,29-13-21-33(22-14-29)41(5)6)30-15-23-34(24-16-30)42(7)8/h9-26,43-44H,1-8H3. The van der Waals surface area contributed by atoms with Crippen molar-refractivity contribution in [2.45, 2.75) is 11.2 Å². The van der Waals surface area contributed by atoms with E-state index in [1.807, 2.05) is 173 Å². The molecule has 0 saturated carbocycles. The van der Waals surface area contributed by atoms with Gasteiger partial charge in [-0.2, -0.15) is 0 Å². The number of nitrogens with zero attached hydrogens (tertiary/aromatic N) is 4. The van der Waals surface area contributed by atoms with Crippen molar-refractivity contribution in [3.05, 3.63) is 143 Å². The Morgan fingerprint density at radius 1 is 0.356 bits per heavy atom. The van der Waals surface area contributed by atoms with E-state index in [1.165, 1.54) is 0 Å². The van der Waals surface area contributed by atoms with Crippen LogP contribution in [0, 0.1) is 0 Å². The normalized spacial score (nSPS) is 11.8. The number of furan rings is 1. The summed E-state index contributed by atoms with van der Waals surface area (Å²) in [6.45, 7) is 0. The van der Waals surface area contributed by atoms with Crippen LogP contribution in [-0.2, 0) is 11.2 Å². The van der Waals surface area contributed by atoms with Crippen molar-refractivity contribution in [2.75, 3.05) is 76.0 Å². The fraction of sp³-hybridized carbons (Fsp3) is 0.263. The zero-order valence-corrected chi connectivity index (χ0v) is 27.5. The van der Waals surface area contributed by atoms with Gasteiger partial charge in [0.25, 0.3) is 0 Å². The van der Waals surface area contributed by atoms with E-state index in [4.69, 9.17) is 4.42 Å². The third-order valence-corrected chi connectivity index (χ3v) is 8.53. The maximum Gasteiger partial charge on any atom is 0.173 e. The van der Waals surface area contributed by atoms with Crippen LogP contribution in [0.15, 0.2) is 114 Å². The lowest BCUT2D eigenvalue weighted by atomic mass is 9.83. The van der Waals surface area contributed by atoms with Crippen molar-refractivity contribution in [1.29, 1.82) is 0 Å². The van der Waals surface area contributed by atoms with Crippen molar-refractivity contribution in [1.82, 2.24) is 0 Å². The number of rotatable bonds is 10. The zero-order chi connectivity index (χ0) is 32.5. The molecule has 7 heteroatoms. The first-order valence-corrected chi connectivity index (χ1v) is 15.0. The summed E-state index contributed by atoms with van der Waals surface area (Å²) < 4.78 is 6.60. The van der Waals surface area contributed by atoms with E-state index in [0.29, 0.717) is 33.8 Å². The van der Waals surface area contributed by atoms with Gasteiger partial charge in [-0.05, 0) is 82.9 Å². The Balaban J connectivity index is 1.69. The molecule has 234 valence electrons. The van der Waals surface area contributed by atoms with Gasteiger partial charge in [-0.3, -0.25) is 0 Å². The molecule has 7 nitrogen and oxygen atoms in total. The van der Waals surface area contributed by atoms with E-state index in [0.717, 1.165) is 22.7 Å². The first kappa shape index (κ1) is 31.7. The van der Waals surface area contributed by atoms with Gasteiger partial charge in [-0.1, -0.05) is 48.5 Å². The summed E-state index contributed by atoms with van der Waals surface area (Å²) in [5.41, 5.74) is 3.42. The molecule has 0 bridgehead atoms. The Kier molecular flexibility index (Phi) is 8.70. The predicted octanol–water partition coefficient (Wildman–Crippen LogP) is 6.11. The van der Waals surface area contributed by atoms with E-state index in [9.17, 15) is 10.2 Å². The maximum atomic E-state index is 12.7. The smallest absolute Gasteiger partial charge is 0.173 e. The van der Waals surface area contributed by atoms with Gasteiger partial charge in [-0.15, -0.1) is 0 Å². The van der Waals surface area contributed by atoms with Crippen LogP contribution in [0.3, 0.4) is 0 Å². The minimum atomic E-state index is -1.63. The van der Waals surface area contributed by atoms with Gasteiger partial charge in [0.2, 0.25) is 0 Å². The molecule has 5 rings (SSSR count). The SMILES string of the molecule is CN(C)c1ccc(C(O)(c2ccc(N(C)C)cc2)c2ccc(C(O)(c3ccc(N(C)C)cc3)c3ccc(N(C)C)cc3)o2)cc1. The van der Waals surface area contributed by atoms with Crippen molar-refractivity contribution in [3.8, 4) is 0 Å². The van der Waals surface area contributed by atoms with Crippen LogP contribution in [0.4, 0.5) is 22.7 Å². The predicted molar refractivity (Wildman–Crippen MR) is 186 cm³/mol. The van der Waals surface area contributed by atoms with Crippen LogP contribution >= 0.6 is 0 Å². The molecule has 1 heterocycles. The van der Waals surface area contributed by atoms with Crippen molar-refractivity contribution < 1.29 is 14.6 Å². The van der Waals surface area contributed by atoms with Crippen LogP contribution in [0.2, 0.25) is 0 Å². The third kappa shape index (κ3) is 5.89. The highest BCUT2D eigenvalue weighted by Crippen LogP contribution is 2.44. The minimum absolute atomic E-state index is 0.306. The Labute approximate surface area is 267 Å². The topological polar surface area (TPSA) is 66.6 Å². The Morgan fingerprint density at radius 3 is 0.733 bits per heavy atom. The molecule has 0 radical (unpaired) electrons. The van der Waals surface area contributed by atoms with Gasteiger partial charge >= 0.3 is 0 Å². The van der Waals surface area contributed by atoms with Crippen LogP contribution in [-0.4, -0.2) is 66.6 Å². The van der Waals surface area contributed by atoms with E-state index in [1.54, 1.807) is 12.1 Å². The molecule has 0 atom stereocenters. The average Bonchev–Trinajstić information content (AvgIpc) is 3.56. The van der Waals surface area contributed by atoms with Crippen LogP contribution < -0.4 is 19.6 Å². The minimum Gasteiger partial charge on any atom is -0.458 e. The number of anilines is 4. The molecule has 5 aromatic rings. The molecule has 2 N–H and O–H groups in total. The second-order valence-corrected chi connectivity index (χ2v) is 12.3. The largest absolute Gasteiger partial charge is 0.458 e. The molecule has 4 aromatic carbocycles. The lowest BCUT2D eigenvalue weighted by Gasteiger charge is -2.30. The van der Waals surface area contributed by atoms with Crippen molar-refractivity contribution in [3.63, 3.8) is 0 Å². The number of aliphatic hydroxyl groups is 2. The highest BCUT2D eigenvalue weighted by atomic mass is 16.4. The fourth-order valence-corrected chi connectivity index (χ4v) is 5.63. The Hall–Kier alpha value is -4.72. The van der Waals surface area contributed by atoms with Crippen LogP contribution in [0.1, 0.15) is 33.8 Å². The van der Waals surface area contributed by atoms with E-state index < -0.39 is 11.2 Å². The molecule has 0 aliphatic rings. The van der Waals surface area contributed by atoms with Gasteiger partial charge in [0, 0.05) is 79.1 Å². The van der Waals surface area contributed by atoms with E-state index in [-0.39, 0.29) is 0 Å². The average molecular weight is 605 g/mol. The van der Waals surface area contributed by atoms with Gasteiger partial charge in [0.1, 0.15) is 11.5 Å². The molecule has 0 spiro atoms. The second-order valence-electron chi connectivity index (χ2n) is 12.3. The second kappa shape index (κ2) is 12.3. The molecule has 0 amide bonds. The lowest BCUT2D eigenvalue weighted by Crippen LogP contribution is -2.30. The van der Waals surface area contributed by atoms with Crippen LogP contribution in [0.25, 0.3) is 0 Å². The first-order chi connectivity index (χ1) is 21.3. The Morgan fingerprint density at radius 2 is 0.556 bits per heavy atom. The first-order valence-electron chi connectivity index (χ1n) is 15.0. The fourth-order valence-electron chi connectivity index (χ4n) is 5.63. The summed E-state index contributed by atoms with van der Waals surface area (Å²) in [6.07, 6.45) is 0. The number of hydrogen-bond donors (Lipinski definition) is 2. The summed E-state index contributed by atoms with van der Waals surface area (Å²) in [6, 6.07) is 34.7. The van der Waals surface area contributed by atoms with Crippen LogP contribution in [0.5, 0.6) is 0 Å².